The minimum Gasteiger partial charge on any atom is -0.493 e. The number of ether oxygens (including phenoxy) is 3. The van der Waals surface area contributed by atoms with Gasteiger partial charge in [-0.05, 0) is 49.9 Å². The average molecular weight is 622 g/mol. The maximum atomic E-state index is 13.8. The van der Waals surface area contributed by atoms with Gasteiger partial charge >= 0.3 is 13.5 Å². The van der Waals surface area contributed by atoms with Gasteiger partial charge in [0, 0.05) is 30.3 Å². The van der Waals surface area contributed by atoms with Crippen molar-refractivity contribution >= 4 is 36.5 Å². The monoisotopic (exact) mass is 621 g/mol. The Labute approximate surface area is 265 Å². The number of hydrogen-bond donors (Lipinski definition) is 3. The highest BCUT2D eigenvalue weighted by molar-refractivity contribution is 6.77. The van der Waals surface area contributed by atoms with Gasteiger partial charge in [-0.25, -0.2) is 9.69 Å². The van der Waals surface area contributed by atoms with Crippen molar-refractivity contribution in [3.05, 3.63) is 59.2 Å². The first-order chi connectivity index (χ1) is 21.5. The molecule has 242 valence electrons. The molecule has 2 heterocycles. The van der Waals surface area contributed by atoms with Gasteiger partial charge in [0.2, 0.25) is 0 Å². The van der Waals surface area contributed by atoms with Crippen LogP contribution in [0.15, 0.2) is 48.0 Å². The summed E-state index contributed by atoms with van der Waals surface area (Å²) in [5.41, 5.74) is 2.16. The van der Waals surface area contributed by atoms with E-state index in [9.17, 15) is 24.6 Å². The number of anilines is 2. The molecule has 0 saturated carbocycles. The molecule has 2 aliphatic rings. The second kappa shape index (κ2) is 14.8. The van der Waals surface area contributed by atoms with E-state index in [0.717, 1.165) is 29.0 Å². The number of aliphatic hydroxyl groups is 2. The predicted octanol–water partition coefficient (Wildman–Crippen LogP) is 4.21. The number of fused-ring (bicyclic) bond motifs is 2. The number of aliphatic hydroxyl groups excluding tert-OH is 2. The van der Waals surface area contributed by atoms with E-state index in [0.29, 0.717) is 43.1 Å². The highest BCUT2D eigenvalue weighted by atomic mass is 16.6. The Kier molecular flexibility index (Phi) is 11.2. The van der Waals surface area contributed by atoms with Crippen molar-refractivity contribution in [3.8, 4) is 11.5 Å². The molecule has 0 spiro atoms. The van der Waals surface area contributed by atoms with Crippen LogP contribution in [0.3, 0.4) is 0 Å². The molecule has 2 aliphatic heterocycles. The normalized spacial score (nSPS) is 18.6. The lowest BCUT2D eigenvalue weighted by Crippen LogP contribution is -2.50. The molecular formula is C33H44BN3O8. The molecule has 0 aliphatic carbocycles. The number of nitrogens with one attached hydrogen (secondary N) is 1. The number of allylic oxidation sites excluding steroid dienone is 1. The smallest absolute Gasteiger partial charge is 0.416 e. The zero-order valence-corrected chi connectivity index (χ0v) is 26.8. The first-order valence-corrected chi connectivity index (χ1v) is 15.5. The second-order valence-electron chi connectivity index (χ2n) is 12.0. The Morgan fingerprint density at radius 3 is 2.56 bits per heavy atom. The molecule has 1 fully saturated rings. The van der Waals surface area contributed by atoms with Crippen LogP contribution in [0.2, 0.25) is 0 Å². The van der Waals surface area contributed by atoms with Crippen LogP contribution in [0, 0.1) is 5.41 Å². The van der Waals surface area contributed by atoms with Crippen molar-refractivity contribution in [3.63, 3.8) is 0 Å². The molecule has 1 saturated heterocycles. The van der Waals surface area contributed by atoms with E-state index >= 15 is 0 Å². The van der Waals surface area contributed by atoms with Gasteiger partial charge in [0.25, 0.3) is 5.91 Å². The third-order valence-corrected chi connectivity index (χ3v) is 8.51. The summed E-state index contributed by atoms with van der Waals surface area (Å²) >= 11 is 0. The predicted molar refractivity (Wildman–Crippen MR) is 173 cm³/mol. The molecule has 2 atom stereocenters. The lowest BCUT2D eigenvalue weighted by atomic mass is 9.69. The van der Waals surface area contributed by atoms with Crippen LogP contribution >= 0.6 is 0 Å². The van der Waals surface area contributed by atoms with E-state index < -0.39 is 23.8 Å². The van der Waals surface area contributed by atoms with Crippen LogP contribution in [0.1, 0.15) is 69.3 Å². The number of unbranched alkanes of at least 4 members (excludes halogenated alkanes) is 1. The van der Waals surface area contributed by atoms with Crippen LogP contribution < -0.4 is 19.6 Å². The van der Waals surface area contributed by atoms with Gasteiger partial charge in [0.15, 0.2) is 17.7 Å². The maximum Gasteiger partial charge on any atom is 0.416 e. The van der Waals surface area contributed by atoms with Gasteiger partial charge in [-0.3, -0.25) is 4.79 Å². The van der Waals surface area contributed by atoms with Gasteiger partial charge < -0.3 is 39.3 Å². The quantitative estimate of drug-likeness (QED) is 0.171. The molecule has 2 amide bonds. The minimum atomic E-state index is -1.36. The number of nitrogens with zero attached hydrogens (tertiary/aromatic N) is 2. The van der Waals surface area contributed by atoms with Gasteiger partial charge in [0.1, 0.15) is 12.3 Å². The molecule has 3 N–H and O–H groups in total. The fourth-order valence-corrected chi connectivity index (χ4v) is 5.45. The molecule has 11 nitrogen and oxygen atoms in total. The third kappa shape index (κ3) is 7.62. The fraction of sp³-hybridized carbons (Fsp3) is 0.485. The summed E-state index contributed by atoms with van der Waals surface area (Å²) in [6.45, 7) is 8.18. The Balaban J connectivity index is 1.55. The first kappa shape index (κ1) is 33.9. The van der Waals surface area contributed by atoms with Crippen LogP contribution in [0.5, 0.6) is 11.5 Å². The van der Waals surface area contributed by atoms with E-state index in [-0.39, 0.29) is 43.5 Å². The first-order valence-electron chi connectivity index (χ1n) is 15.5. The largest absolute Gasteiger partial charge is 0.493 e. The van der Waals surface area contributed by atoms with Crippen molar-refractivity contribution < 1.29 is 38.8 Å². The van der Waals surface area contributed by atoms with E-state index in [1.165, 1.54) is 7.11 Å². The van der Waals surface area contributed by atoms with Crippen molar-refractivity contribution in [2.75, 3.05) is 37.0 Å². The lowest BCUT2D eigenvalue weighted by Gasteiger charge is -2.31. The summed E-state index contributed by atoms with van der Waals surface area (Å²) in [5, 5.41) is 23.9. The SMILES string of the molecule is C/C=C1\C[C@H]2[C@H](O)N(C(=O)OCc3ccc(NBC(=O)C(C)(C)CCO)cc3)c3cc(OCCCC)c(OC)cc3C(=O)N2C1. The summed E-state index contributed by atoms with van der Waals surface area (Å²) in [6.07, 6.45) is 2.29. The molecule has 12 heteroatoms. The Morgan fingerprint density at radius 1 is 1.18 bits per heavy atom. The number of carbonyl (C=O) groups is 3. The number of rotatable bonds is 13. The van der Waals surface area contributed by atoms with Gasteiger partial charge in [-0.15, -0.1) is 0 Å². The molecule has 0 aromatic heterocycles. The van der Waals surface area contributed by atoms with Crippen molar-refractivity contribution in [2.45, 2.75) is 72.3 Å². The van der Waals surface area contributed by atoms with Crippen molar-refractivity contribution in [2.24, 2.45) is 5.41 Å². The van der Waals surface area contributed by atoms with Crippen molar-refractivity contribution in [1.29, 1.82) is 0 Å². The third-order valence-electron chi connectivity index (χ3n) is 8.51. The maximum absolute atomic E-state index is 13.8. The molecule has 2 aromatic carbocycles. The van der Waals surface area contributed by atoms with Crippen LogP contribution in [0.4, 0.5) is 16.2 Å². The Morgan fingerprint density at radius 2 is 1.91 bits per heavy atom. The fourth-order valence-electron chi connectivity index (χ4n) is 5.45. The number of benzene rings is 2. The number of hydrogen-bond acceptors (Lipinski definition) is 9. The van der Waals surface area contributed by atoms with Gasteiger partial charge in [-0.1, -0.05) is 51.0 Å². The Bertz CT molecular complexity index is 1410. The number of methoxy groups -OCH3 is 1. The summed E-state index contributed by atoms with van der Waals surface area (Å²) in [5.74, 6) is 0.401. The molecule has 0 radical (unpaired) electrons. The van der Waals surface area contributed by atoms with Crippen LogP contribution in [0.25, 0.3) is 0 Å². The topological polar surface area (TPSA) is 138 Å². The number of amides is 2. The summed E-state index contributed by atoms with van der Waals surface area (Å²) in [4.78, 5) is 42.8. The van der Waals surface area contributed by atoms with Gasteiger partial charge in [-0.2, -0.15) is 0 Å². The van der Waals surface area contributed by atoms with Gasteiger partial charge in [0.05, 0.1) is 31.0 Å². The van der Waals surface area contributed by atoms with E-state index in [4.69, 9.17) is 14.2 Å². The summed E-state index contributed by atoms with van der Waals surface area (Å²) in [7, 11) is 1.61. The van der Waals surface area contributed by atoms with E-state index in [2.05, 4.69) is 5.23 Å². The zero-order valence-electron chi connectivity index (χ0n) is 26.8. The molecule has 45 heavy (non-hydrogen) atoms. The van der Waals surface area contributed by atoms with E-state index in [1.54, 1.807) is 55.1 Å². The second-order valence-corrected chi connectivity index (χ2v) is 12.0. The molecule has 0 unspecified atom stereocenters. The number of carbonyl (C=O) groups excluding carboxylic acids is 3. The molecule has 0 bridgehead atoms. The average Bonchev–Trinajstić information content (AvgIpc) is 3.45. The highest BCUT2D eigenvalue weighted by Crippen LogP contribution is 2.42. The molecule has 4 rings (SSSR count). The molecule has 2 aromatic rings. The Hall–Kier alpha value is -4.03. The van der Waals surface area contributed by atoms with Crippen LogP contribution in [-0.4, -0.2) is 79.3 Å². The standard InChI is InChI=1S/C33H44BN3O8/c1-6-8-15-44-28-18-25-24(17-27(28)43-5)29(39)36-19-21(7-2)16-26(36)30(40)37(25)32(42)45-20-22-9-11-23(12-10-22)35-34-31(41)33(3,4)13-14-38/h7,9-12,17-18,26,30,34-35,38,40H,6,8,13-16,19-20H2,1-5H3/b21-7+/t26-,30-/m0/s1. The van der Waals surface area contributed by atoms with Crippen LogP contribution in [-0.2, 0) is 16.1 Å². The van der Waals surface area contributed by atoms with Crippen molar-refractivity contribution in [1.82, 2.24) is 4.90 Å². The zero-order chi connectivity index (χ0) is 32.7. The summed E-state index contributed by atoms with van der Waals surface area (Å²) in [6, 6.07) is 9.58. The minimum absolute atomic E-state index is 0.0109. The van der Waals surface area contributed by atoms with E-state index in [1.807, 2.05) is 19.9 Å². The lowest BCUT2D eigenvalue weighted by molar-refractivity contribution is -0.120. The molecular weight excluding hydrogens is 577 g/mol. The highest BCUT2D eigenvalue weighted by Gasteiger charge is 2.46. The summed E-state index contributed by atoms with van der Waals surface area (Å²) < 4.78 is 17.2.